The van der Waals surface area contributed by atoms with Crippen LogP contribution in [0.25, 0.3) is 0 Å². The molecule has 82 valence electrons. The lowest BCUT2D eigenvalue weighted by atomic mass is 10.3. The number of nitrogens with zero attached hydrogens (tertiary/aromatic N) is 2. The minimum absolute atomic E-state index is 0.526. The highest BCUT2D eigenvalue weighted by molar-refractivity contribution is 6.43. The minimum atomic E-state index is 0.526. The lowest BCUT2D eigenvalue weighted by Gasteiger charge is -2.08. The topological polar surface area (TPSA) is 37.8 Å². The molecule has 0 unspecified atom stereocenters. The summed E-state index contributed by atoms with van der Waals surface area (Å²) in [4.78, 5) is 7.94. The SMILES string of the molecule is Clc1cccc(NCc2ccncn2)c1Cl. The smallest absolute Gasteiger partial charge is 0.115 e. The average molecular weight is 254 g/mol. The first-order valence-electron chi connectivity index (χ1n) is 4.70. The molecule has 5 heteroatoms. The van der Waals surface area contributed by atoms with Crippen molar-refractivity contribution in [3.05, 3.63) is 52.5 Å². The standard InChI is InChI=1S/C11H9Cl2N3/c12-9-2-1-3-10(11(9)13)15-6-8-4-5-14-7-16-8/h1-5,7,15H,6H2. The Hall–Kier alpha value is -1.32. The fourth-order valence-electron chi connectivity index (χ4n) is 1.25. The molecule has 0 aliphatic rings. The van der Waals surface area contributed by atoms with Crippen molar-refractivity contribution in [2.75, 3.05) is 5.32 Å². The Kier molecular flexibility index (Phi) is 3.59. The third kappa shape index (κ3) is 2.62. The van der Waals surface area contributed by atoms with Crippen LogP contribution in [0.15, 0.2) is 36.8 Å². The van der Waals surface area contributed by atoms with Gasteiger partial charge in [0.1, 0.15) is 6.33 Å². The molecule has 1 N–H and O–H groups in total. The molecule has 0 atom stereocenters. The summed E-state index contributed by atoms with van der Waals surface area (Å²) < 4.78 is 0. The molecule has 0 bridgehead atoms. The Morgan fingerprint density at radius 3 is 2.81 bits per heavy atom. The Labute approximate surface area is 103 Å². The molecular formula is C11H9Cl2N3. The van der Waals surface area contributed by atoms with Crippen LogP contribution in [0.5, 0.6) is 0 Å². The molecule has 2 rings (SSSR count). The summed E-state index contributed by atoms with van der Waals surface area (Å²) in [6.07, 6.45) is 3.21. The number of aromatic nitrogens is 2. The average Bonchev–Trinajstić information content (AvgIpc) is 2.32. The van der Waals surface area contributed by atoms with Crippen LogP contribution < -0.4 is 5.32 Å². The van der Waals surface area contributed by atoms with E-state index in [-0.39, 0.29) is 0 Å². The quantitative estimate of drug-likeness (QED) is 0.912. The largest absolute Gasteiger partial charge is 0.378 e. The maximum atomic E-state index is 6.03. The van der Waals surface area contributed by atoms with Gasteiger partial charge in [-0.2, -0.15) is 0 Å². The zero-order valence-electron chi connectivity index (χ0n) is 8.32. The first-order chi connectivity index (χ1) is 7.77. The molecule has 0 saturated heterocycles. The van der Waals surface area contributed by atoms with Gasteiger partial charge >= 0.3 is 0 Å². The molecule has 1 aromatic carbocycles. The summed E-state index contributed by atoms with van der Waals surface area (Å²) in [6, 6.07) is 7.30. The van der Waals surface area contributed by atoms with Crippen LogP contribution >= 0.6 is 23.2 Å². The molecule has 2 aromatic rings. The van der Waals surface area contributed by atoms with E-state index in [4.69, 9.17) is 23.2 Å². The van der Waals surface area contributed by atoms with E-state index in [1.807, 2.05) is 18.2 Å². The molecule has 1 heterocycles. The fraction of sp³-hybridized carbons (Fsp3) is 0.0909. The van der Waals surface area contributed by atoms with Gasteiger partial charge in [0, 0.05) is 6.20 Å². The zero-order valence-corrected chi connectivity index (χ0v) is 9.83. The second-order valence-electron chi connectivity index (χ2n) is 3.16. The predicted molar refractivity (Wildman–Crippen MR) is 65.8 cm³/mol. The second-order valence-corrected chi connectivity index (χ2v) is 3.94. The third-order valence-electron chi connectivity index (χ3n) is 2.05. The Bertz CT molecular complexity index is 474. The Morgan fingerprint density at radius 1 is 1.19 bits per heavy atom. The molecule has 0 aliphatic heterocycles. The van der Waals surface area contributed by atoms with Gasteiger partial charge in [-0.3, -0.25) is 0 Å². The molecule has 0 fully saturated rings. The van der Waals surface area contributed by atoms with Crippen LogP contribution in [0.4, 0.5) is 5.69 Å². The molecule has 0 amide bonds. The Balaban J connectivity index is 2.08. The number of rotatable bonds is 3. The molecule has 16 heavy (non-hydrogen) atoms. The van der Waals surface area contributed by atoms with Gasteiger partial charge in [0.05, 0.1) is 28.0 Å². The molecule has 3 nitrogen and oxygen atoms in total. The number of nitrogens with one attached hydrogen (secondary N) is 1. The van der Waals surface area contributed by atoms with Crippen molar-refractivity contribution in [3.8, 4) is 0 Å². The highest BCUT2D eigenvalue weighted by Gasteiger charge is 2.03. The number of hydrogen-bond donors (Lipinski definition) is 1. The zero-order chi connectivity index (χ0) is 11.4. The van der Waals surface area contributed by atoms with E-state index in [0.29, 0.717) is 16.6 Å². The van der Waals surface area contributed by atoms with Crippen molar-refractivity contribution in [1.82, 2.24) is 9.97 Å². The van der Waals surface area contributed by atoms with Gasteiger partial charge in [-0.1, -0.05) is 29.3 Å². The summed E-state index contributed by atoms with van der Waals surface area (Å²) in [5.74, 6) is 0. The number of hydrogen-bond acceptors (Lipinski definition) is 3. The molecule has 0 saturated carbocycles. The van der Waals surface area contributed by atoms with Crippen molar-refractivity contribution in [2.45, 2.75) is 6.54 Å². The lowest BCUT2D eigenvalue weighted by Crippen LogP contribution is -2.02. The van der Waals surface area contributed by atoms with E-state index in [9.17, 15) is 0 Å². The maximum Gasteiger partial charge on any atom is 0.115 e. The normalized spacial score (nSPS) is 10.1. The summed E-state index contributed by atoms with van der Waals surface area (Å²) in [5.41, 5.74) is 1.69. The van der Waals surface area contributed by atoms with Gasteiger partial charge < -0.3 is 5.32 Å². The summed E-state index contributed by atoms with van der Waals surface area (Å²) in [6.45, 7) is 0.586. The third-order valence-corrected chi connectivity index (χ3v) is 2.87. The highest BCUT2D eigenvalue weighted by Crippen LogP contribution is 2.29. The highest BCUT2D eigenvalue weighted by atomic mass is 35.5. The maximum absolute atomic E-state index is 6.03. The molecule has 0 spiro atoms. The van der Waals surface area contributed by atoms with Crippen LogP contribution in [0.2, 0.25) is 10.0 Å². The van der Waals surface area contributed by atoms with E-state index in [1.165, 1.54) is 6.33 Å². The second kappa shape index (κ2) is 5.14. The van der Waals surface area contributed by atoms with Crippen molar-refractivity contribution in [1.29, 1.82) is 0 Å². The van der Waals surface area contributed by atoms with Gasteiger partial charge in [0.25, 0.3) is 0 Å². The number of anilines is 1. The Morgan fingerprint density at radius 2 is 2.06 bits per heavy atom. The van der Waals surface area contributed by atoms with Crippen molar-refractivity contribution in [3.63, 3.8) is 0 Å². The van der Waals surface area contributed by atoms with Gasteiger partial charge in [-0.25, -0.2) is 9.97 Å². The van der Waals surface area contributed by atoms with E-state index in [2.05, 4.69) is 15.3 Å². The van der Waals surface area contributed by atoms with Crippen LogP contribution in [0.3, 0.4) is 0 Å². The minimum Gasteiger partial charge on any atom is -0.378 e. The molecule has 0 aliphatic carbocycles. The van der Waals surface area contributed by atoms with Crippen LogP contribution in [0.1, 0.15) is 5.69 Å². The van der Waals surface area contributed by atoms with Gasteiger partial charge in [0.15, 0.2) is 0 Å². The molecule has 1 aromatic heterocycles. The number of benzene rings is 1. The fourth-order valence-corrected chi connectivity index (χ4v) is 1.62. The monoisotopic (exact) mass is 253 g/mol. The van der Waals surface area contributed by atoms with Crippen LogP contribution in [-0.4, -0.2) is 9.97 Å². The van der Waals surface area contributed by atoms with Gasteiger partial charge in [-0.05, 0) is 18.2 Å². The van der Waals surface area contributed by atoms with Gasteiger partial charge in [0.2, 0.25) is 0 Å². The van der Waals surface area contributed by atoms with Crippen molar-refractivity contribution >= 4 is 28.9 Å². The molecular weight excluding hydrogens is 245 g/mol. The van der Waals surface area contributed by atoms with E-state index in [1.54, 1.807) is 12.3 Å². The number of halogens is 2. The molecule has 0 radical (unpaired) electrons. The lowest BCUT2D eigenvalue weighted by molar-refractivity contribution is 1.01. The van der Waals surface area contributed by atoms with Gasteiger partial charge in [-0.15, -0.1) is 0 Å². The van der Waals surface area contributed by atoms with E-state index >= 15 is 0 Å². The van der Waals surface area contributed by atoms with Crippen LogP contribution in [0, 0.1) is 0 Å². The van der Waals surface area contributed by atoms with E-state index in [0.717, 1.165) is 11.4 Å². The van der Waals surface area contributed by atoms with Crippen molar-refractivity contribution in [2.24, 2.45) is 0 Å². The first-order valence-corrected chi connectivity index (χ1v) is 5.46. The summed E-state index contributed by atoms with van der Waals surface area (Å²) >= 11 is 11.9. The predicted octanol–water partition coefficient (Wildman–Crippen LogP) is 3.40. The van der Waals surface area contributed by atoms with Crippen LogP contribution in [-0.2, 0) is 6.54 Å². The summed E-state index contributed by atoms with van der Waals surface area (Å²) in [5, 5.41) is 4.23. The summed E-state index contributed by atoms with van der Waals surface area (Å²) in [7, 11) is 0. The van der Waals surface area contributed by atoms with E-state index < -0.39 is 0 Å². The van der Waals surface area contributed by atoms with Crippen molar-refractivity contribution < 1.29 is 0 Å². The first kappa shape index (κ1) is 11.2.